The summed E-state index contributed by atoms with van der Waals surface area (Å²) in [5.41, 5.74) is 1.57. The van der Waals surface area contributed by atoms with Crippen molar-refractivity contribution in [3.05, 3.63) is 71.0 Å². The quantitative estimate of drug-likeness (QED) is 0.778. The van der Waals surface area contributed by atoms with Crippen molar-refractivity contribution < 1.29 is 18.3 Å². The number of ether oxygens (including phenoxy) is 1. The van der Waals surface area contributed by atoms with Gasteiger partial charge in [-0.3, -0.25) is 0 Å². The standard InChI is InChI=1S/C17H12F2O2/c1-10-17(11-3-2-4-12(18)7-11)15(9-20)14-8-13(19)5-6-16(14)21-10/h2-9,15H,1H3. The van der Waals surface area contributed by atoms with E-state index in [1.807, 2.05) is 0 Å². The maximum atomic E-state index is 13.4. The molecule has 1 aliphatic heterocycles. The first-order chi connectivity index (χ1) is 10.1. The lowest BCUT2D eigenvalue weighted by Crippen LogP contribution is -2.15. The molecule has 106 valence electrons. The second kappa shape index (κ2) is 5.13. The van der Waals surface area contributed by atoms with Crippen molar-refractivity contribution in [2.45, 2.75) is 12.8 Å². The normalized spacial score (nSPS) is 17.2. The second-order valence-corrected chi connectivity index (χ2v) is 4.88. The molecule has 1 atom stereocenters. The van der Waals surface area contributed by atoms with Crippen LogP contribution in [0.3, 0.4) is 0 Å². The Bertz CT molecular complexity index is 750. The van der Waals surface area contributed by atoms with Crippen LogP contribution < -0.4 is 4.74 Å². The van der Waals surface area contributed by atoms with E-state index in [1.54, 1.807) is 19.1 Å². The summed E-state index contributed by atoms with van der Waals surface area (Å²) >= 11 is 0. The molecule has 1 heterocycles. The summed E-state index contributed by atoms with van der Waals surface area (Å²) in [7, 11) is 0. The van der Waals surface area contributed by atoms with Gasteiger partial charge in [-0.1, -0.05) is 12.1 Å². The van der Waals surface area contributed by atoms with Gasteiger partial charge in [0, 0.05) is 11.1 Å². The van der Waals surface area contributed by atoms with Crippen LogP contribution in [-0.2, 0) is 4.79 Å². The molecule has 0 aliphatic carbocycles. The van der Waals surface area contributed by atoms with Crippen LogP contribution in [0.25, 0.3) is 5.57 Å². The zero-order valence-electron chi connectivity index (χ0n) is 11.3. The average Bonchev–Trinajstić information content (AvgIpc) is 2.46. The van der Waals surface area contributed by atoms with Crippen LogP contribution in [0.15, 0.2) is 48.2 Å². The maximum absolute atomic E-state index is 13.4. The molecule has 4 heteroatoms. The highest BCUT2D eigenvalue weighted by Gasteiger charge is 2.29. The van der Waals surface area contributed by atoms with E-state index in [9.17, 15) is 13.6 Å². The maximum Gasteiger partial charge on any atom is 0.132 e. The van der Waals surface area contributed by atoms with Crippen molar-refractivity contribution >= 4 is 11.9 Å². The van der Waals surface area contributed by atoms with Crippen LogP contribution in [0.2, 0.25) is 0 Å². The van der Waals surface area contributed by atoms with Crippen molar-refractivity contribution in [3.63, 3.8) is 0 Å². The number of hydrogen-bond acceptors (Lipinski definition) is 2. The van der Waals surface area contributed by atoms with E-state index in [-0.39, 0.29) is 0 Å². The van der Waals surface area contributed by atoms with E-state index in [4.69, 9.17) is 4.74 Å². The zero-order chi connectivity index (χ0) is 15.0. The van der Waals surface area contributed by atoms with Gasteiger partial charge in [0.25, 0.3) is 0 Å². The van der Waals surface area contributed by atoms with E-state index in [0.29, 0.717) is 28.2 Å². The van der Waals surface area contributed by atoms with Crippen LogP contribution in [-0.4, -0.2) is 6.29 Å². The minimum absolute atomic E-state index is 0.400. The van der Waals surface area contributed by atoms with Crippen LogP contribution in [0.4, 0.5) is 8.78 Å². The van der Waals surface area contributed by atoms with Crippen molar-refractivity contribution in [3.8, 4) is 5.75 Å². The molecular formula is C17H12F2O2. The third-order valence-corrected chi connectivity index (χ3v) is 3.53. The largest absolute Gasteiger partial charge is 0.461 e. The van der Waals surface area contributed by atoms with Crippen LogP contribution in [0.5, 0.6) is 5.75 Å². The van der Waals surface area contributed by atoms with Gasteiger partial charge in [0.1, 0.15) is 29.4 Å². The fourth-order valence-electron chi connectivity index (χ4n) is 2.63. The molecule has 1 unspecified atom stereocenters. The summed E-state index contributed by atoms with van der Waals surface area (Å²) in [5, 5.41) is 0. The number of benzene rings is 2. The first-order valence-electron chi connectivity index (χ1n) is 6.49. The molecule has 1 aliphatic rings. The third kappa shape index (κ3) is 2.33. The lowest BCUT2D eigenvalue weighted by Gasteiger charge is -2.26. The van der Waals surface area contributed by atoms with Crippen molar-refractivity contribution in [1.29, 1.82) is 0 Å². The smallest absolute Gasteiger partial charge is 0.132 e. The predicted molar refractivity (Wildman–Crippen MR) is 74.8 cm³/mol. The molecular weight excluding hydrogens is 274 g/mol. The van der Waals surface area contributed by atoms with Gasteiger partial charge >= 0.3 is 0 Å². The van der Waals surface area contributed by atoms with Gasteiger partial charge in [-0.2, -0.15) is 0 Å². The monoisotopic (exact) mass is 286 g/mol. The molecule has 3 rings (SSSR count). The summed E-state index contributed by atoms with van der Waals surface area (Å²) in [6.07, 6.45) is 0.727. The Kier molecular flexibility index (Phi) is 3.29. The van der Waals surface area contributed by atoms with E-state index in [1.165, 1.54) is 30.3 Å². The Morgan fingerprint density at radius 1 is 1.10 bits per heavy atom. The molecule has 2 aromatic carbocycles. The molecule has 0 radical (unpaired) electrons. The minimum atomic E-state index is -0.675. The molecule has 0 spiro atoms. The Morgan fingerprint density at radius 2 is 1.86 bits per heavy atom. The first kappa shape index (κ1) is 13.5. The Morgan fingerprint density at radius 3 is 2.57 bits per heavy atom. The van der Waals surface area contributed by atoms with Gasteiger partial charge in [0.15, 0.2) is 0 Å². The van der Waals surface area contributed by atoms with E-state index < -0.39 is 17.6 Å². The Balaban J connectivity index is 2.18. The van der Waals surface area contributed by atoms with Gasteiger partial charge < -0.3 is 9.53 Å². The highest BCUT2D eigenvalue weighted by molar-refractivity contribution is 5.89. The lowest BCUT2D eigenvalue weighted by atomic mass is 9.85. The summed E-state index contributed by atoms with van der Waals surface area (Å²) in [6.45, 7) is 1.71. The number of halogens is 2. The average molecular weight is 286 g/mol. The molecule has 0 aromatic heterocycles. The number of carbonyl (C=O) groups excluding carboxylic acids is 1. The fourth-order valence-corrected chi connectivity index (χ4v) is 2.63. The van der Waals surface area contributed by atoms with Crippen molar-refractivity contribution in [2.24, 2.45) is 0 Å². The molecule has 0 saturated carbocycles. The van der Waals surface area contributed by atoms with Gasteiger partial charge in [-0.15, -0.1) is 0 Å². The first-order valence-corrected chi connectivity index (χ1v) is 6.49. The molecule has 0 bridgehead atoms. The predicted octanol–water partition coefficient (Wildman–Crippen LogP) is 4.07. The Labute approximate surface area is 120 Å². The van der Waals surface area contributed by atoms with Crippen LogP contribution in [0.1, 0.15) is 24.0 Å². The molecule has 0 saturated heterocycles. The highest BCUT2D eigenvalue weighted by Crippen LogP contribution is 2.42. The molecule has 0 fully saturated rings. The topological polar surface area (TPSA) is 26.3 Å². The number of carbonyl (C=O) groups is 1. The molecule has 2 aromatic rings. The van der Waals surface area contributed by atoms with Gasteiger partial charge in [0.2, 0.25) is 0 Å². The number of fused-ring (bicyclic) bond motifs is 1. The van der Waals surface area contributed by atoms with Gasteiger partial charge in [-0.25, -0.2) is 8.78 Å². The minimum Gasteiger partial charge on any atom is -0.461 e. The number of aldehydes is 1. The van der Waals surface area contributed by atoms with E-state index >= 15 is 0 Å². The summed E-state index contributed by atoms with van der Waals surface area (Å²) in [5.74, 6) is -0.556. The molecule has 0 N–H and O–H groups in total. The van der Waals surface area contributed by atoms with Gasteiger partial charge in [0.05, 0.1) is 5.92 Å². The SMILES string of the molecule is CC1=C(c2cccc(F)c2)C(C=O)c2cc(F)ccc2O1. The molecule has 2 nitrogen and oxygen atoms in total. The lowest BCUT2D eigenvalue weighted by molar-refractivity contribution is -0.108. The van der Waals surface area contributed by atoms with Gasteiger partial charge in [-0.05, 0) is 42.8 Å². The number of rotatable bonds is 2. The molecule has 0 amide bonds. The molecule has 21 heavy (non-hydrogen) atoms. The summed E-state index contributed by atoms with van der Waals surface area (Å²) in [4.78, 5) is 11.5. The van der Waals surface area contributed by atoms with Crippen molar-refractivity contribution in [1.82, 2.24) is 0 Å². The fraction of sp³-hybridized carbons (Fsp3) is 0.118. The van der Waals surface area contributed by atoms with E-state index in [2.05, 4.69) is 0 Å². The second-order valence-electron chi connectivity index (χ2n) is 4.88. The summed E-state index contributed by atoms with van der Waals surface area (Å²) in [6, 6.07) is 9.98. The van der Waals surface area contributed by atoms with Crippen LogP contribution >= 0.6 is 0 Å². The third-order valence-electron chi connectivity index (χ3n) is 3.53. The number of hydrogen-bond donors (Lipinski definition) is 0. The Hall–Kier alpha value is -2.49. The summed E-state index contributed by atoms with van der Waals surface area (Å²) < 4.78 is 32.5. The zero-order valence-corrected chi connectivity index (χ0v) is 11.3. The van der Waals surface area contributed by atoms with Crippen LogP contribution in [0, 0.1) is 11.6 Å². The van der Waals surface area contributed by atoms with Crippen molar-refractivity contribution in [2.75, 3.05) is 0 Å². The highest BCUT2D eigenvalue weighted by atomic mass is 19.1. The number of allylic oxidation sites excluding steroid dienone is 2. The van der Waals surface area contributed by atoms with E-state index in [0.717, 1.165) is 6.29 Å².